The molecule has 2 N–H and O–H groups in total. The minimum atomic E-state index is -5.59. The molecule has 0 fully saturated rings. The molecule has 1 aromatic rings. The van der Waals surface area contributed by atoms with Crippen molar-refractivity contribution >= 4 is 17.5 Å². The average Bonchev–Trinajstić information content (AvgIpc) is 2.34. The summed E-state index contributed by atoms with van der Waals surface area (Å²) in [6.07, 6.45) is -11.2. The Labute approximate surface area is 116 Å². The zero-order chi connectivity index (χ0) is 17.5. The highest BCUT2D eigenvalue weighted by atomic mass is 19.4. The van der Waals surface area contributed by atoms with Crippen LogP contribution in [0, 0.1) is 0 Å². The second-order valence-electron chi connectivity index (χ2n) is 3.88. The Morgan fingerprint density at radius 3 is 1.36 bits per heavy atom. The molecule has 0 aliphatic heterocycles. The van der Waals surface area contributed by atoms with E-state index in [4.69, 9.17) is 5.11 Å². The van der Waals surface area contributed by atoms with Gasteiger partial charge in [0, 0.05) is 0 Å². The van der Waals surface area contributed by atoms with Crippen LogP contribution in [-0.2, 0) is 0 Å². The third-order valence-electron chi connectivity index (χ3n) is 2.36. The molecule has 0 unspecified atom stereocenters. The Morgan fingerprint density at radius 2 is 1.14 bits per heavy atom. The van der Waals surface area contributed by atoms with Crippen LogP contribution in [0.25, 0.3) is 0 Å². The van der Waals surface area contributed by atoms with Gasteiger partial charge >= 0.3 is 18.3 Å². The maximum absolute atomic E-state index is 12.3. The third-order valence-corrected chi connectivity index (χ3v) is 2.36. The molecule has 120 valence electrons. The van der Waals surface area contributed by atoms with Crippen molar-refractivity contribution in [2.24, 2.45) is 0 Å². The minimum Gasteiger partial charge on any atom is -0.506 e. The Balaban J connectivity index is 3.67. The number of carboxylic acids is 1. The van der Waals surface area contributed by atoms with Crippen LogP contribution in [0.15, 0.2) is 12.1 Å². The topological polar surface area (TPSA) is 91.7 Å². The first kappa shape index (κ1) is 17.5. The Morgan fingerprint density at radius 1 is 0.818 bits per heavy atom. The zero-order valence-corrected chi connectivity index (χ0v) is 10.0. The van der Waals surface area contributed by atoms with Crippen LogP contribution in [0.5, 0.6) is 5.75 Å². The smallest absolute Gasteiger partial charge is 0.455 e. The summed E-state index contributed by atoms with van der Waals surface area (Å²) in [4.78, 5) is 32.7. The number of phenols is 1. The van der Waals surface area contributed by atoms with Gasteiger partial charge in [-0.3, -0.25) is 9.59 Å². The first-order chi connectivity index (χ1) is 9.76. The Hall–Kier alpha value is -2.59. The maximum Gasteiger partial charge on any atom is 0.455 e. The van der Waals surface area contributed by atoms with E-state index in [2.05, 4.69) is 0 Å². The fourth-order valence-electron chi connectivity index (χ4n) is 1.41. The van der Waals surface area contributed by atoms with Crippen LogP contribution < -0.4 is 0 Å². The van der Waals surface area contributed by atoms with Crippen LogP contribution >= 0.6 is 0 Å². The second kappa shape index (κ2) is 5.31. The number of carboxylic acid groups (broad SMARTS) is 1. The van der Waals surface area contributed by atoms with Gasteiger partial charge in [0.15, 0.2) is 0 Å². The molecule has 0 heterocycles. The molecule has 11 heteroatoms. The SMILES string of the molecule is O=C(O)c1cc(C(=O)C(F)(F)F)c(O)c(C(=O)C(F)(F)F)c1. The number of phenolic OH excluding ortho intramolecular Hbond substituents is 1. The molecule has 0 saturated carbocycles. The van der Waals surface area contributed by atoms with Crippen LogP contribution in [0.3, 0.4) is 0 Å². The normalized spacial score (nSPS) is 12.1. The van der Waals surface area contributed by atoms with Crippen LogP contribution in [0.1, 0.15) is 31.1 Å². The molecule has 0 spiro atoms. The molecule has 1 aromatic carbocycles. The number of Topliss-reactive ketones (excluding diaryl/α,β-unsaturated/α-hetero) is 2. The standard InChI is InChI=1S/C11H4F6O5/c12-10(13,14)7(19)4-1-3(9(21)22)2-5(6(4)18)8(20)11(15,16)17/h1-2,18H,(H,21,22). The molecular formula is C11H4F6O5. The van der Waals surface area contributed by atoms with Gasteiger partial charge in [0.1, 0.15) is 5.75 Å². The monoisotopic (exact) mass is 330 g/mol. The molecule has 0 radical (unpaired) electrons. The highest BCUT2D eigenvalue weighted by Gasteiger charge is 2.45. The molecule has 0 aliphatic carbocycles. The molecule has 0 aromatic heterocycles. The van der Waals surface area contributed by atoms with Gasteiger partial charge in [0.05, 0.1) is 16.7 Å². The first-order valence-electron chi connectivity index (χ1n) is 5.10. The van der Waals surface area contributed by atoms with Gasteiger partial charge in [-0.1, -0.05) is 0 Å². The van der Waals surface area contributed by atoms with Crippen LogP contribution in [-0.4, -0.2) is 40.1 Å². The van der Waals surface area contributed by atoms with Gasteiger partial charge in [0.25, 0.3) is 11.6 Å². The quantitative estimate of drug-likeness (QED) is 0.656. The lowest BCUT2D eigenvalue weighted by Gasteiger charge is -2.13. The number of carbonyl (C=O) groups is 3. The lowest BCUT2D eigenvalue weighted by atomic mass is 9.98. The molecular weight excluding hydrogens is 326 g/mol. The Bertz CT molecular complexity index is 611. The van der Waals surface area contributed by atoms with Crippen molar-refractivity contribution in [3.63, 3.8) is 0 Å². The number of rotatable bonds is 3. The van der Waals surface area contributed by atoms with E-state index in [1.807, 2.05) is 0 Å². The molecule has 0 aliphatic rings. The van der Waals surface area contributed by atoms with Crippen LogP contribution in [0.4, 0.5) is 26.3 Å². The van der Waals surface area contributed by atoms with E-state index in [-0.39, 0.29) is 12.1 Å². The van der Waals surface area contributed by atoms with Gasteiger partial charge in [-0.25, -0.2) is 4.79 Å². The first-order valence-corrected chi connectivity index (χ1v) is 5.10. The minimum absolute atomic E-state index is 0.0284. The van der Waals surface area contributed by atoms with Crippen molar-refractivity contribution in [2.45, 2.75) is 12.4 Å². The summed E-state index contributed by atoms with van der Waals surface area (Å²) in [6.45, 7) is 0. The number of halogens is 6. The summed E-state index contributed by atoms with van der Waals surface area (Å²) in [5.74, 6) is -9.46. The molecule has 0 saturated heterocycles. The van der Waals surface area contributed by atoms with Gasteiger partial charge in [-0.15, -0.1) is 0 Å². The molecule has 5 nitrogen and oxygen atoms in total. The van der Waals surface area contributed by atoms with E-state index in [9.17, 15) is 45.8 Å². The van der Waals surface area contributed by atoms with Crippen molar-refractivity contribution < 1.29 is 50.9 Å². The van der Waals surface area contributed by atoms with Crippen molar-refractivity contribution in [1.82, 2.24) is 0 Å². The van der Waals surface area contributed by atoms with Gasteiger partial charge in [0.2, 0.25) is 0 Å². The summed E-state index contributed by atoms with van der Waals surface area (Å²) >= 11 is 0. The number of aromatic hydroxyl groups is 1. The van der Waals surface area contributed by atoms with Gasteiger partial charge in [-0.05, 0) is 12.1 Å². The number of carbonyl (C=O) groups excluding carboxylic acids is 2. The summed E-state index contributed by atoms with van der Waals surface area (Å²) in [7, 11) is 0. The number of benzene rings is 1. The maximum atomic E-state index is 12.3. The van der Waals surface area contributed by atoms with E-state index in [1.54, 1.807) is 0 Å². The molecule has 1 rings (SSSR count). The van der Waals surface area contributed by atoms with E-state index >= 15 is 0 Å². The second-order valence-corrected chi connectivity index (χ2v) is 3.88. The van der Waals surface area contributed by atoms with Gasteiger partial charge in [-0.2, -0.15) is 26.3 Å². The van der Waals surface area contributed by atoms with E-state index in [1.165, 1.54) is 0 Å². The molecule has 22 heavy (non-hydrogen) atoms. The van der Waals surface area contributed by atoms with Crippen molar-refractivity contribution in [3.05, 3.63) is 28.8 Å². The lowest BCUT2D eigenvalue weighted by Crippen LogP contribution is -2.26. The third kappa shape index (κ3) is 3.35. The fraction of sp³-hybridized carbons (Fsp3) is 0.182. The predicted molar refractivity (Wildman–Crippen MR) is 55.8 cm³/mol. The van der Waals surface area contributed by atoms with Crippen molar-refractivity contribution in [1.29, 1.82) is 0 Å². The number of alkyl halides is 6. The van der Waals surface area contributed by atoms with Crippen molar-refractivity contribution in [3.8, 4) is 5.75 Å². The number of aromatic carboxylic acids is 1. The lowest BCUT2D eigenvalue weighted by molar-refractivity contribution is -0.0890. The number of hydrogen-bond acceptors (Lipinski definition) is 4. The Kier molecular flexibility index (Phi) is 4.22. The largest absolute Gasteiger partial charge is 0.506 e. The highest BCUT2D eigenvalue weighted by Crippen LogP contribution is 2.34. The van der Waals surface area contributed by atoms with Crippen molar-refractivity contribution in [2.75, 3.05) is 0 Å². The van der Waals surface area contributed by atoms with Crippen LogP contribution in [0.2, 0.25) is 0 Å². The summed E-state index contributed by atoms with van der Waals surface area (Å²) in [6, 6.07) is 0.0568. The number of hydrogen-bond donors (Lipinski definition) is 2. The molecule has 0 bridgehead atoms. The summed E-state index contributed by atoms with van der Waals surface area (Å²) in [5, 5.41) is 18.0. The number of ketones is 2. The average molecular weight is 330 g/mol. The van der Waals surface area contributed by atoms with E-state index in [0.29, 0.717) is 0 Å². The van der Waals surface area contributed by atoms with Gasteiger partial charge < -0.3 is 10.2 Å². The van der Waals surface area contributed by atoms with E-state index in [0.717, 1.165) is 0 Å². The predicted octanol–water partition coefficient (Wildman–Crippen LogP) is 2.58. The molecule has 0 amide bonds. The van der Waals surface area contributed by atoms with E-state index < -0.39 is 52.3 Å². The molecule has 0 atom stereocenters. The fourth-order valence-corrected chi connectivity index (χ4v) is 1.41. The summed E-state index contributed by atoms with van der Waals surface area (Å²) < 4.78 is 73.8. The summed E-state index contributed by atoms with van der Waals surface area (Å²) in [5.41, 5.74) is -4.72. The highest BCUT2D eigenvalue weighted by molar-refractivity contribution is 6.10. The zero-order valence-electron chi connectivity index (χ0n) is 10.0.